The number of β-amino-alcohol motifs (C(OH)–C–C–N with tert-alkyl or cyclic N) is 1. The predicted molar refractivity (Wildman–Crippen MR) is 124 cm³/mol. The molecule has 1 saturated heterocycles. The maximum absolute atomic E-state index is 10.9. The number of fused-ring (bicyclic) bond motifs is 1. The number of amides is 2. The molecule has 4 rings (SSSR count). The zero-order valence-electron chi connectivity index (χ0n) is 17.4. The van der Waals surface area contributed by atoms with Crippen LogP contribution < -0.4 is 20.7 Å². The van der Waals surface area contributed by atoms with E-state index in [0.717, 1.165) is 26.2 Å². The van der Waals surface area contributed by atoms with Crippen molar-refractivity contribution in [1.29, 1.82) is 0 Å². The number of aliphatic hydroxyl groups is 1. The van der Waals surface area contributed by atoms with Crippen LogP contribution in [0.5, 0.6) is 5.75 Å². The van der Waals surface area contributed by atoms with Gasteiger partial charge in [-0.05, 0) is 47.2 Å². The summed E-state index contributed by atoms with van der Waals surface area (Å²) >= 11 is 0. The number of nitrogens with one attached hydrogen (secondary N) is 1. The van der Waals surface area contributed by atoms with E-state index in [1.807, 2.05) is 0 Å². The summed E-state index contributed by atoms with van der Waals surface area (Å²) < 4.78 is 5.67. The molecule has 1 fully saturated rings. The lowest BCUT2D eigenvalue weighted by Gasteiger charge is -2.37. The van der Waals surface area contributed by atoms with Gasteiger partial charge >= 0.3 is 6.03 Å². The van der Waals surface area contributed by atoms with E-state index in [1.54, 1.807) is 24.3 Å². The minimum atomic E-state index is -0.607. The first-order valence-corrected chi connectivity index (χ1v) is 10.5. The largest absolute Gasteiger partial charge is 0.491 e. The number of hydrogen-bond donors (Lipinski definition) is 3. The van der Waals surface area contributed by atoms with Crippen LogP contribution in [-0.2, 0) is 0 Å². The summed E-state index contributed by atoms with van der Waals surface area (Å²) in [5.41, 5.74) is 6.94. The molecule has 1 heterocycles. The van der Waals surface area contributed by atoms with Gasteiger partial charge in [0, 0.05) is 44.1 Å². The van der Waals surface area contributed by atoms with E-state index in [2.05, 4.69) is 57.6 Å². The number of benzene rings is 3. The number of rotatable bonds is 7. The number of carbonyl (C=O) groups is 1. The van der Waals surface area contributed by atoms with E-state index in [1.165, 1.54) is 16.5 Å². The van der Waals surface area contributed by atoms with Crippen molar-refractivity contribution in [3.8, 4) is 5.75 Å². The Kier molecular flexibility index (Phi) is 6.54. The average Bonchev–Trinajstić information content (AvgIpc) is 2.78. The molecule has 162 valence electrons. The van der Waals surface area contributed by atoms with E-state index in [9.17, 15) is 9.90 Å². The molecule has 4 N–H and O–H groups in total. The van der Waals surface area contributed by atoms with Gasteiger partial charge in [-0.1, -0.05) is 30.3 Å². The molecule has 0 unspecified atom stereocenters. The zero-order chi connectivity index (χ0) is 21.6. The third-order valence-corrected chi connectivity index (χ3v) is 5.50. The Morgan fingerprint density at radius 3 is 2.42 bits per heavy atom. The lowest BCUT2D eigenvalue weighted by atomic mass is 10.1. The molecule has 3 aromatic rings. The molecule has 0 aromatic heterocycles. The second-order valence-electron chi connectivity index (χ2n) is 7.80. The first-order chi connectivity index (χ1) is 15.1. The fraction of sp³-hybridized carbons (Fsp3) is 0.292. The monoisotopic (exact) mass is 420 g/mol. The number of piperazine rings is 1. The van der Waals surface area contributed by atoms with Crippen molar-refractivity contribution in [2.75, 3.05) is 49.5 Å². The Labute approximate surface area is 182 Å². The van der Waals surface area contributed by atoms with Crippen LogP contribution in [0.2, 0.25) is 0 Å². The van der Waals surface area contributed by atoms with Gasteiger partial charge in [-0.25, -0.2) is 4.79 Å². The topological polar surface area (TPSA) is 91.1 Å². The standard InChI is InChI=1S/C24H28N4O3/c25-24(30)26-20-6-9-23(10-7-20)31-17-22(29)16-27-11-13-28(14-12-27)21-8-5-18-3-1-2-4-19(18)15-21/h1-10,15,22,29H,11-14,16-17H2,(H3,25,26,30)/t22-/m1/s1. The summed E-state index contributed by atoms with van der Waals surface area (Å²) in [6.07, 6.45) is -0.573. The number of aliphatic hydroxyl groups excluding tert-OH is 1. The Bertz CT molecular complexity index is 1020. The summed E-state index contributed by atoms with van der Waals surface area (Å²) in [6, 6.07) is 21.3. The molecular weight excluding hydrogens is 392 g/mol. The van der Waals surface area contributed by atoms with Crippen LogP contribution in [0.3, 0.4) is 0 Å². The second kappa shape index (κ2) is 9.68. The number of ether oxygens (including phenoxy) is 1. The lowest BCUT2D eigenvalue weighted by Crippen LogP contribution is -2.49. The van der Waals surface area contributed by atoms with Crippen molar-refractivity contribution in [2.45, 2.75) is 6.10 Å². The highest BCUT2D eigenvalue weighted by Crippen LogP contribution is 2.23. The maximum Gasteiger partial charge on any atom is 0.316 e. The van der Waals surface area contributed by atoms with Crippen LogP contribution in [-0.4, -0.2) is 61.5 Å². The fourth-order valence-electron chi connectivity index (χ4n) is 3.88. The van der Waals surface area contributed by atoms with Crippen molar-refractivity contribution >= 4 is 28.2 Å². The predicted octanol–water partition coefficient (Wildman–Crippen LogP) is 2.89. The second-order valence-corrected chi connectivity index (χ2v) is 7.80. The number of hydrogen-bond acceptors (Lipinski definition) is 5. The SMILES string of the molecule is NC(=O)Nc1ccc(OC[C@H](O)CN2CCN(c3ccc4ccccc4c3)CC2)cc1. The maximum atomic E-state index is 10.9. The highest BCUT2D eigenvalue weighted by molar-refractivity contribution is 5.87. The fourth-order valence-corrected chi connectivity index (χ4v) is 3.88. The Morgan fingerprint density at radius 1 is 1.00 bits per heavy atom. The highest BCUT2D eigenvalue weighted by atomic mass is 16.5. The van der Waals surface area contributed by atoms with Gasteiger partial charge in [0.15, 0.2) is 0 Å². The van der Waals surface area contributed by atoms with Crippen molar-refractivity contribution in [1.82, 2.24) is 4.90 Å². The minimum Gasteiger partial charge on any atom is -0.491 e. The van der Waals surface area contributed by atoms with Gasteiger partial charge in [-0.2, -0.15) is 0 Å². The van der Waals surface area contributed by atoms with E-state index >= 15 is 0 Å². The Morgan fingerprint density at radius 2 is 1.71 bits per heavy atom. The molecule has 0 saturated carbocycles. The molecule has 0 spiro atoms. The number of urea groups is 1. The van der Waals surface area contributed by atoms with Gasteiger partial charge in [0.1, 0.15) is 18.5 Å². The molecule has 3 aromatic carbocycles. The van der Waals surface area contributed by atoms with Crippen molar-refractivity contribution in [3.05, 3.63) is 66.7 Å². The van der Waals surface area contributed by atoms with Crippen molar-refractivity contribution in [3.63, 3.8) is 0 Å². The van der Waals surface area contributed by atoms with Crippen LogP contribution in [0, 0.1) is 0 Å². The summed E-state index contributed by atoms with van der Waals surface area (Å²) in [5, 5.41) is 15.4. The molecule has 1 atom stereocenters. The molecule has 1 aliphatic rings. The Hall–Kier alpha value is -3.29. The average molecular weight is 421 g/mol. The molecule has 2 amide bonds. The smallest absolute Gasteiger partial charge is 0.316 e. The molecule has 0 aliphatic carbocycles. The van der Waals surface area contributed by atoms with Gasteiger partial charge in [0.25, 0.3) is 0 Å². The highest BCUT2D eigenvalue weighted by Gasteiger charge is 2.20. The summed E-state index contributed by atoms with van der Waals surface area (Å²) in [5.74, 6) is 0.634. The third-order valence-electron chi connectivity index (χ3n) is 5.50. The molecule has 7 heteroatoms. The van der Waals surface area contributed by atoms with E-state index in [4.69, 9.17) is 10.5 Å². The Balaban J connectivity index is 1.22. The molecular formula is C24H28N4O3. The normalized spacial score (nSPS) is 15.6. The molecule has 0 radical (unpaired) electrons. The molecule has 31 heavy (non-hydrogen) atoms. The summed E-state index contributed by atoms with van der Waals surface area (Å²) in [6.45, 7) is 4.45. The lowest BCUT2D eigenvalue weighted by molar-refractivity contribution is 0.0663. The van der Waals surface area contributed by atoms with Crippen molar-refractivity contribution < 1.29 is 14.6 Å². The van der Waals surface area contributed by atoms with E-state index in [0.29, 0.717) is 18.0 Å². The minimum absolute atomic E-state index is 0.216. The zero-order valence-corrected chi connectivity index (χ0v) is 17.4. The van der Waals surface area contributed by atoms with E-state index < -0.39 is 12.1 Å². The van der Waals surface area contributed by atoms with Gasteiger partial charge < -0.3 is 25.8 Å². The third kappa shape index (κ3) is 5.65. The van der Waals surface area contributed by atoms with Gasteiger partial charge in [0.05, 0.1) is 0 Å². The summed E-state index contributed by atoms with van der Waals surface area (Å²) in [7, 11) is 0. The quantitative estimate of drug-likeness (QED) is 0.547. The number of nitrogens with two attached hydrogens (primary N) is 1. The molecule has 7 nitrogen and oxygen atoms in total. The van der Waals surface area contributed by atoms with E-state index in [-0.39, 0.29) is 6.61 Å². The van der Waals surface area contributed by atoms with Crippen LogP contribution in [0.25, 0.3) is 10.8 Å². The van der Waals surface area contributed by atoms with Crippen molar-refractivity contribution in [2.24, 2.45) is 5.73 Å². The van der Waals surface area contributed by atoms with Gasteiger partial charge in [0.2, 0.25) is 0 Å². The van der Waals surface area contributed by atoms with Gasteiger partial charge in [-0.3, -0.25) is 4.90 Å². The first kappa shape index (κ1) is 21.0. The molecule has 0 bridgehead atoms. The van der Waals surface area contributed by atoms with Gasteiger partial charge in [-0.15, -0.1) is 0 Å². The first-order valence-electron chi connectivity index (χ1n) is 10.5. The number of nitrogens with zero attached hydrogens (tertiary/aromatic N) is 2. The summed E-state index contributed by atoms with van der Waals surface area (Å²) in [4.78, 5) is 15.5. The number of carbonyl (C=O) groups excluding carboxylic acids is 1. The van der Waals surface area contributed by atoms with Crippen LogP contribution >= 0.6 is 0 Å². The van der Waals surface area contributed by atoms with Crippen LogP contribution in [0.15, 0.2) is 66.7 Å². The molecule has 1 aliphatic heterocycles. The van der Waals surface area contributed by atoms with Crippen LogP contribution in [0.1, 0.15) is 0 Å². The number of primary amides is 1. The van der Waals surface area contributed by atoms with Crippen LogP contribution in [0.4, 0.5) is 16.2 Å². The number of anilines is 2.